The molecule has 0 fully saturated rings. The molecule has 1 aromatic rings. The molecule has 0 bridgehead atoms. The molecule has 5 heteroatoms. The van der Waals surface area contributed by atoms with Crippen molar-refractivity contribution in [3.63, 3.8) is 0 Å². The van der Waals surface area contributed by atoms with E-state index in [0.717, 1.165) is 5.56 Å². The van der Waals surface area contributed by atoms with E-state index in [1.165, 1.54) is 18.1 Å². The smallest absolute Gasteiger partial charge is 0.410 e. The molecule has 1 aliphatic heterocycles. The van der Waals surface area contributed by atoms with Crippen LogP contribution in [0, 0.1) is 0 Å². The number of methoxy groups -OCH3 is 1. The second-order valence-electron chi connectivity index (χ2n) is 4.18. The zero-order valence-electron chi connectivity index (χ0n) is 10.7. The number of carbonyl (C=O) groups excluding carboxylic acids is 2. The lowest BCUT2D eigenvalue weighted by atomic mass is 10.2. The van der Waals surface area contributed by atoms with Crippen LogP contribution < -0.4 is 0 Å². The zero-order chi connectivity index (χ0) is 13.7. The van der Waals surface area contributed by atoms with Gasteiger partial charge in [0.15, 0.2) is 5.78 Å². The molecule has 1 amide bonds. The normalized spacial score (nSPS) is 14.9. The molecule has 0 spiro atoms. The molecule has 2 rings (SSSR count). The van der Waals surface area contributed by atoms with Gasteiger partial charge in [-0.2, -0.15) is 0 Å². The van der Waals surface area contributed by atoms with Crippen LogP contribution in [-0.2, 0) is 20.9 Å². The Morgan fingerprint density at radius 1 is 1.26 bits per heavy atom. The molecule has 0 unspecified atom stereocenters. The van der Waals surface area contributed by atoms with Gasteiger partial charge < -0.3 is 9.47 Å². The average Bonchev–Trinajstić information content (AvgIpc) is 2.45. The van der Waals surface area contributed by atoms with Gasteiger partial charge in [0.05, 0.1) is 20.2 Å². The van der Waals surface area contributed by atoms with Crippen molar-refractivity contribution in [3.8, 4) is 0 Å². The zero-order valence-corrected chi connectivity index (χ0v) is 10.7. The van der Waals surface area contributed by atoms with E-state index in [1.807, 2.05) is 30.3 Å². The third-order valence-corrected chi connectivity index (χ3v) is 2.74. The van der Waals surface area contributed by atoms with Gasteiger partial charge >= 0.3 is 6.09 Å². The molecule has 5 nitrogen and oxygen atoms in total. The molecule has 1 aromatic carbocycles. The number of hydrogen-bond donors (Lipinski definition) is 0. The Morgan fingerprint density at radius 3 is 2.68 bits per heavy atom. The summed E-state index contributed by atoms with van der Waals surface area (Å²) in [6.07, 6.45) is 0.890. The number of benzene rings is 1. The van der Waals surface area contributed by atoms with E-state index >= 15 is 0 Å². The molecule has 0 saturated carbocycles. The average molecular weight is 261 g/mol. The summed E-state index contributed by atoms with van der Waals surface area (Å²) in [6.45, 7) is 0.479. The summed E-state index contributed by atoms with van der Waals surface area (Å²) in [5.74, 6) is 0.299. The summed E-state index contributed by atoms with van der Waals surface area (Å²) >= 11 is 0. The van der Waals surface area contributed by atoms with Crippen LogP contribution in [0.1, 0.15) is 5.56 Å². The maximum Gasteiger partial charge on any atom is 0.410 e. The summed E-state index contributed by atoms with van der Waals surface area (Å²) in [5.41, 5.74) is 0.904. The van der Waals surface area contributed by atoms with Gasteiger partial charge in [-0.25, -0.2) is 4.79 Å². The minimum Gasteiger partial charge on any atom is -0.499 e. The van der Waals surface area contributed by atoms with Crippen molar-refractivity contribution in [3.05, 3.63) is 47.7 Å². The molecule has 0 radical (unpaired) electrons. The fourth-order valence-electron chi connectivity index (χ4n) is 1.77. The van der Waals surface area contributed by atoms with Gasteiger partial charge in [0.2, 0.25) is 0 Å². The van der Waals surface area contributed by atoms with Crippen LogP contribution >= 0.6 is 0 Å². The van der Waals surface area contributed by atoms with E-state index in [9.17, 15) is 9.59 Å². The van der Waals surface area contributed by atoms with Crippen LogP contribution in [0.4, 0.5) is 4.79 Å². The highest BCUT2D eigenvalue weighted by atomic mass is 16.6. The van der Waals surface area contributed by atoms with Crippen molar-refractivity contribution < 1.29 is 19.1 Å². The largest absolute Gasteiger partial charge is 0.499 e. The Hall–Kier alpha value is -2.30. The molecule has 100 valence electrons. The fraction of sp³-hybridized carbons (Fsp3) is 0.286. The second kappa shape index (κ2) is 6.04. The van der Waals surface area contributed by atoms with Gasteiger partial charge in [0.1, 0.15) is 12.4 Å². The summed E-state index contributed by atoms with van der Waals surface area (Å²) in [4.78, 5) is 24.6. The van der Waals surface area contributed by atoms with Crippen LogP contribution in [0.25, 0.3) is 0 Å². The first-order valence-electron chi connectivity index (χ1n) is 5.92. The van der Waals surface area contributed by atoms with Crippen molar-refractivity contribution in [2.24, 2.45) is 0 Å². The van der Waals surface area contributed by atoms with E-state index in [4.69, 9.17) is 9.47 Å². The van der Waals surface area contributed by atoms with Crippen LogP contribution in [0.5, 0.6) is 0 Å². The van der Waals surface area contributed by atoms with Crippen molar-refractivity contribution in [1.82, 2.24) is 4.90 Å². The van der Waals surface area contributed by atoms with Crippen molar-refractivity contribution in [2.75, 3.05) is 20.2 Å². The summed E-state index contributed by atoms with van der Waals surface area (Å²) in [5, 5.41) is 0. The topological polar surface area (TPSA) is 55.8 Å². The molecule has 0 aliphatic carbocycles. The molecule has 1 aliphatic rings. The lowest BCUT2D eigenvalue weighted by Crippen LogP contribution is -2.40. The molecule has 19 heavy (non-hydrogen) atoms. The molecule has 0 N–H and O–H groups in total. The quantitative estimate of drug-likeness (QED) is 0.831. The summed E-state index contributed by atoms with van der Waals surface area (Å²) in [6, 6.07) is 9.38. The highest BCUT2D eigenvalue weighted by Gasteiger charge is 2.24. The Kier molecular flexibility index (Phi) is 4.18. The number of ether oxygens (including phenoxy) is 2. The van der Waals surface area contributed by atoms with E-state index in [-0.39, 0.29) is 25.5 Å². The van der Waals surface area contributed by atoms with Crippen LogP contribution in [0.2, 0.25) is 0 Å². The lowest BCUT2D eigenvalue weighted by Gasteiger charge is -2.24. The Balaban J connectivity index is 1.90. The van der Waals surface area contributed by atoms with E-state index in [0.29, 0.717) is 5.76 Å². The molecule has 0 aromatic heterocycles. The SMILES string of the molecule is COC1=CC(=O)CN(C(=O)OCc2ccccc2)C1. The third-order valence-electron chi connectivity index (χ3n) is 2.74. The van der Waals surface area contributed by atoms with E-state index in [2.05, 4.69) is 0 Å². The van der Waals surface area contributed by atoms with Crippen molar-refractivity contribution >= 4 is 11.9 Å². The Morgan fingerprint density at radius 2 is 2.00 bits per heavy atom. The van der Waals surface area contributed by atoms with Gasteiger partial charge in [-0.1, -0.05) is 30.3 Å². The maximum atomic E-state index is 11.8. The fourth-order valence-corrected chi connectivity index (χ4v) is 1.77. The van der Waals surface area contributed by atoms with Crippen LogP contribution in [0.3, 0.4) is 0 Å². The number of nitrogens with zero attached hydrogens (tertiary/aromatic N) is 1. The molecule has 0 saturated heterocycles. The highest BCUT2D eigenvalue weighted by molar-refractivity contribution is 5.94. The monoisotopic (exact) mass is 261 g/mol. The van der Waals surface area contributed by atoms with Crippen molar-refractivity contribution in [1.29, 1.82) is 0 Å². The highest BCUT2D eigenvalue weighted by Crippen LogP contribution is 2.10. The molecular formula is C14H15NO4. The second-order valence-corrected chi connectivity index (χ2v) is 4.18. The van der Waals surface area contributed by atoms with Crippen molar-refractivity contribution in [2.45, 2.75) is 6.61 Å². The van der Waals surface area contributed by atoms with E-state index in [1.54, 1.807) is 0 Å². The van der Waals surface area contributed by atoms with Gasteiger partial charge in [-0.3, -0.25) is 9.69 Å². The minimum absolute atomic E-state index is 0.0283. The maximum absolute atomic E-state index is 11.8. The Labute approximate surface area is 111 Å². The number of amides is 1. The predicted octanol–water partition coefficient (Wildman–Crippen LogP) is 1.74. The number of rotatable bonds is 3. The third kappa shape index (κ3) is 3.58. The number of ketones is 1. The standard InChI is InChI=1S/C14H15NO4/c1-18-13-7-12(16)8-15(9-13)14(17)19-10-11-5-3-2-4-6-11/h2-7H,8-10H2,1H3. The van der Waals surface area contributed by atoms with Gasteiger partial charge in [0.25, 0.3) is 0 Å². The number of carbonyl (C=O) groups is 2. The van der Waals surface area contributed by atoms with Gasteiger partial charge in [0, 0.05) is 6.08 Å². The van der Waals surface area contributed by atoms with Crippen LogP contribution in [0.15, 0.2) is 42.2 Å². The lowest BCUT2D eigenvalue weighted by molar-refractivity contribution is -0.116. The predicted molar refractivity (Wildman–Crippen MR) is 68.3 cm³/mol. The summed E-state index contributed by atoms with van der Waals surface area (Å²) in [7, 11) is 1.47. The molecular weight excluding hydrogens is 246 g/mol. The van der Waals surface area contributed by atoms with Crippen LogP contribution in [-0.4, -0.2) is 37.0 Å². The van der Waals surface area contributed by atoms with Gasteiger partial charge in [-0.05, 0) is 5.56 Å². The first-order chi connectivity index (χ1) is 9.19. The minimum atomic E-state index is -0.514. The Bertz CT molecular complexity index is 495. The van der Waals surface area contributed by atoms with E-state index < -0.39 is 6.09 Å². The van der Waals surface area contributed by atoms with Gasteiger partial charge in [-0.15, -0.1) is 0 Å². The molecule has 1 heterocycles. The first-order valence-corrected chi connectivity index (χ1v) is 5.92. The number of hydrogen-bond acceptors (Lipinski definition) is 4. The first kappa shape index (κ1) is 13.1. The summed E-state index contributed by atoms with van der Waals surface area (Å²) < 4.78 is 10.2. The molecule has 0 atom stereocenters.